The van der Waals surface area contributed by atoms with Crippen LogP contribution in [0.5, 0.6) is 0 Å². The topological polar surface area (TPSA) is 68.4 Å². The molecule has 5 nitrogen and oxygen atoms in total. The van der Waals surface area contributed by atoms with Gasteiger partial charge in [-0.2, -0.15) is 4.98 Å². The van der Waals surface area contributed by atoms with Crippen LogP contribution < -0.4 is 0 Å². The first kappa shape index (κ1) is 11.1. The Hall–Kier alpha value is -0.940. The van der Waals surface area contributed by atoms with Crippen LogP contribution >= 0.6 is 0 Å². The summed E-state index contributed by atoms with van der Waals surface area (Å²) in [6.45, 7) is 5.43. The second-order valence-electron chi connectivity index (χ2n) is 3.42. The number of aromatic nitrogens is 2. The second kappa shape index (κ2) is 4.06. The van der Waals surface area contributed by atoms with E-state index in [1.807, 2.05) is 13.8 Å². The third-order valence-corrected chi connectivity index (χ3v) is 2.40. The van der Waals surface area contributed by atoms with Crippen molar-refractivity contribution in [2.75, 3.05) is 7.11 Å². The van der Waals surface area contributed by atoms with Crippen molar-refractivity contribution < 1.29 is 14.4 Å². The summed E-state index contributed by atoms with van der Waals surface area (Å²) in [4.78, 5) is 4.07. The molecule has 1 aromatic rings. The normalized spacial score (nSPS) is 17.8. The van der Waals surface area contributed by atoms with Crippen molar-refractivity contribution in [1.29, 1.82) is 0 Å². The first-order valence-corrected chi connectivity index (χ1v) is 4.60. The Labute approximate surface area is 83.1 Å². The summed E-state index contributed by atoms with van der Waals surface area (Å²) in [5.74, 6) is 0.690. The molecule has 0 aliphatic rings. The predicted molar refractivity (Wildman–Crippen MR) is 49.6 cm³/mol. The van der Waals surface area contributed by atoms with Crippen LogP contribution in [0.4, 0.5) is 0 Å². The molecule has 5 heteroatoms. The molecule has 1 N–H and O–H groups in total. The van der Waals surface area contributed by atoms with Crippen LogP contribution in [0.25, 0.3) is 0 Å². The van der Waals surface area contributed by atoms with Crippen molar-refractivity contribution in [1.82, 2.24) is 10.1 Å². The van der Waals surface area contributed by atoms with Crippen LogP contribution in [-0.2, 0) is 10.3 Å². The van der Waals surface area contributed by atoms with E-state index in [4.69, 9.17) is 9.26 Å². The van der Waals surface area contributed by atoms with Crippen LogP contribution in [0.1, 0.15) is 45.0 Å². The van der Waals surface area contributed by atoms with E-state index in [9.17, 15) is 5.11 Å². The van der Waals surface area contributed by atoms with Crippen LogP contribution in [0.3, 0.4) is 0 Å². The highest BCUT2D eigenvalue weighted by molar-refractivity contribution is 4.99. The molecule has 0 aromatic carbocycles. The van der Waals surface area contributed by atoms with Gasteiger partial charge in [0, 0.05) is 7.11 Å². The molecule has 1 rings (SSSR count). The van der Waals surface area contributed by atoms with E-state index in [0.717, 1.165) is 6.42 Å². The van der Waals surface area contributed by atoms with Gasteiger partial charge in [0.2, 0.25) is 5.82 Å². The van der Waals surface area contributed by atoms with Crippen LogP contribution in [0, 0.1) is 0 Å². The molecule has 0 saturated carbocycles. The summed E-state index contributed by atoms with van der Waals surface area (Å²) in [6, 6.07) is 0. The predicted octanol–water partition coefficient (Wildman–Crippen LogP) is 1.39. The molecule has 0 aliphatic heterocycles. The molecule has 0 fully saturated rings. The molecule has 2 atom stereocenters. The van der Waals surface area contributed by atoms with Gasteiger partial charge in [-0.25, -0.2) is 0 Å². The average Bonchev–Trinajstić information content (AvgIpc) is 2.66. The van der Waals surface area contributed by atoms with Crippen LogP contribution in [0.2, 0.25) is 0 Å². The second-order valence-corrected chi connectivity index (χ2v) is 3.42. The summed E-state index contributed by atoms with van der Waals surface area (Å²) in [5, 5.41) is 13.0. The summed E-state index contributed by atoms with van der Waals surface area (Å²) in [5.41, 5.74) is -0.545. The number of hydrogen-bond donors (Lipinski definition) is 1. The van der Waals surface area contributed by atoms with Crippen molar-refractivity contribution in [3.8, 4) is 0 Å². The molecule has 0 spiro atoms. The summed E-state index contributed by atoms with van der Waals surface area (Å²) in [6.07, 6.45) is -0.00309. The van der Waals surface area contributed by atoms with E-state index in [1.165, 1.54) is 0 Å². The Bertz CT molecular complexity index is 292. The van der Waals surface area contributed by atoms with Gasteiger partial charge in [0.15, 0.2) is 0 Å². The third kappa shape index (κ3) is 1.93. The van der Waals surface area contributed by atoms with E-state index in [2.05, 4.69) is 10.1 Å². The van der Waals surface area contributed by atoms with Gasteiger partial charge in [-0.3, -0.25) is 0 Å². The smallest absolute Gasteiger partial charge is 0.255 e. The molecule has 80 valence electrons. The maximum atomic E-state index is 9.21. The van der Waals surface area contributed by atoms with E-state index < -0.39 is 11.7 Å². The van der Waals surface area contributed by atoms with Gasteiger partial charge in [0.05, 0.1) is 0 Å². The number of rotatable bonds is 4. The lowest BCUT2D eigenvalue weighted by molar-refractivity contribution is -0.0106. The van der Waals surface area contributed by atoms with Crippen molar-refractivity contribution in [2.45, 2.75) is 38.9 Å². The lowest BCUT2D eigenvalue weighted by Crippen LogP contribution is -2.24. The number of aliphatic hydroxyl groups is 1. The Kier molecular flexibility index (Phi) is 3.23. The van der Waals surface area contributed by atoms with Crippen molar-refractivity contribution in [2.24, 2.45) is 0 Å². The van der Waals surface area contributed by atoms with Gasteiger partial charge in [-0.15, -0.1) is 0 Å². The largest absolute Gasteiger partial charge is 0.384 e. The van der Waals surface area contributed by atoms with Gasteiger partial charge in [0.1, 0.15) is 11.7 Å². The Morgan fingerprint density at radius 1 is 1.64 bits per heavy atom. The third-order valence-electron chi connectivity index (χ3n) is 2.40. The highest BCUT2D eigenvalue weighted by atomic mass is 16.5. The lowest BCUT2D eigenvalue weighted by atomic mass is 10.0. The number of methoxy groups -OCH3 is 1. The van der Waals surface area contributed by atoms with Gasteiger partial charge >= 0.3 is 0 Å². The summed E-state index contributed by atoms with van der Waals surface area (Å²) < 4.78 is 10.2. The fourth-order valence-corrected chi connectivity index (χ4v) is 1.01. The van der Waals surface area contributed by atoms with Crippen LogP contribution in [-0.4, -0.2) is 22.4 Å². The molecule has 0 radical (unpaired) electrons. The zero-order valence-electron chi connectivity index (χ0n) is 8.94. The minimum absolute atomic E-state index is 0.219. The van der Waals surface area contributed by atoms with Gasteiger partial charge < -0.3 is 14.4 Å². The fraction of sp³-hybridized carbons (Fsp3) is 0.778. The zero-order chi connectivity index (χ0) is 10.8. The van der Waals surface area contributed by atoms with E-state index in [1.54, 1.807) is 14.0 Å². The minimum atomic E-state index is -0.741. The van der Waals surface area contributed by atoms with Crippen molar-refractivity contribution >= 4 is 0 Å². The lowest BCUT2D eigenvalue weighted by Gasteiger charge is -2.21. The minimum Gasteiger partial charge on any atom is -0.384 e. The van der Waals surface area contributed by atoms with E-state index in [-0.39, 0.29) is 5.89 Å². The van der Waals surface area contributed by atoms with Gasteiger partial charge in [-0.05, 0) is 20.3 Å². The molecule has 0 aliphatic carbocycles. The number of nitrogens with zero attached hydrogens (tertiary/aromatic N) is 2. The molecular weight excluding hydrogens is 184 g/mol. The maximum Gasteiger partial charge on any atom is 0.255 e. The number of ether oxygens (including phenoxy) is 1. The quantitative estimate of drug-likeness (QED) is 0.795. The van der Waals surface area contributed by atoms with E-state index in [0.29, 0.717) is 5.82 Å². The average molecular weight is 200 g/mol. The maximum absolute atomic E-state index is 9.21. The van der Waals surface area contributed by atoms with Crippen molar-refractivity contribution in [3.63, 3.8) is 0 Å². The summed E-state index contributed by atoms with van der Waals surface area (Å²) >= 11 is 0. The highest BCUT2D eigenvalue weighted by Gasteiger charge is 2.30. The first-order valence-electron chi connectivity index (χ1n) is 4.60. The molecule has 0 amide bonds. The molecule has 1 heterocycles. The molecule has 0 bridgehead atoms. The van der Waals surface area contributed by atoms with E-state index >= 15 is 0 Å². The SMILES string of the molecule is CCC(C)(OC)c1noc(C(C)O)n1. The number of aliphatic hydroxyl groups excluding tert-OH is 1. The summed E-state index contributed by atoms with van der Waals surface area (Å²) in [7, 11) is 1.60. The fourth-order valence-electron chi connectivity index (χ4n) is 1.01. The van der Waals surface area contributed by atoms with Gasteiger partial charge in [-0.1, -0.05) is 12.1 Å². The standard InChI is InChI=1S/C9H16N2O3/c1-5-9(3,13-4)8-10-7(6(2)12)14-11-8/h6,12H,5H2,1-4H3. The van der Waals surface area contributed by atoms with Gasteiger partial charge in [0.25, 0.3) is 5.89 Å². The number of hydrogen-bond acceptors (Lipinski definition) is 5. The molecule has 14 heavy (non-hydrogen) atoms. The van der Waals surface area contributed by atoms with Crippen LogP contribution in [0.15, 0.2) is 4.52 Å². The highest BCUT2D eigenvalue weighted by Crippen LogP contribution is 2.26. The molecule has 0 saturated heterocycles. The zero-order valence-corrected chi connectivity index (χ0v) is 8.94. The molecule has 2 unspecified atom stereocenters. The Morgan fingerprint density at radius 3 is 2.64 bits per heavy atom. The van der Waals surface area contributed by atoms with Crippen molar-refractivity contribution in [3.05, 3.63) is 11.7 Å². The Morgan fingerprint density at radius 2 is 2.29 bits per heavy atom. The monoisotopic (exact) mass is 200 g/mol. The molecule has 1 aromatic heterocycles. The Balaban J connectivity index is 2.95. The first-order chi connectivity index (χ1) is 6.53. The molecular formula is C9H16N2O3.